The number of ether oxygens (including phenoxy) is 6. The van der Waals surface area contributed by atoms with E-state index in [1.165, 1.54) is 0 Å². The van der Waals surface area contributed by atoms with Crippen molar-refractivity contribution in [1.82, 2.24) is 10.6 Å². The molecule has 1 aromatic carbocycles. The summed E-state index contributed by atoms with van der Waals surface area (Å²) >= 11 is 0. The van der Waals surface area contributed by atoms with E-state index in [0.717, 1.165) is 5.56 Å². The van der Waals surface area contributed by atoms with Gasteiger partial charge in [0.05, 0.1) is 52.8 Å². The summed E-state index contributed by atoms with van der Waals surface area (Å²) < 4.78 is 31.9. The smallest absolute Gasteiger partial charge is 0.407 e. The molecule has 0 radical (unpaired) electrons. The summed E-state index contributed by atoms with van der Waals surface area (Å²) in [4.78, 5) is 34.9. The SMILES string of the molecule is CC(C)(C)OC(=O)CCCOCCOCCOCCOCCNC(=O)CNC(=O)OCc1ccccc1. The van der Waals surface area contributed by atoms with Crippen LogP contribution in [0, 0.1) is 0 Å². The van der Waals surface area contributed by atoms with E-state index >= 15 is 0 Å². The Morgan fingerprint density at radius 1 is 0.757 bits per heavy atom. The van der Waals surface area contributed by atoms with Crippen LogP contribution in [0.5, 0.6) is 0 Å². The summed E-state index contributed by atoms with van der Waals surface area (Å²) in [5.41, 5.74) is 0.406. The lowest BCUT2D eigenvalue weighted by Gasteiger charge is -2.19. The van der Waals surface area contributed by atoms with Crippen molar-refractivity contribution in [2.24, 2.45) is 0 Å². The summed E-state index contributed by atoms with van der Waals surface area (Å²) in [5.74, 6) is -0.551. The van der Waals surface area contributed by atoms with Gasteiger partial charge in [0.25, 0.3) is 0 Å². The molecule has 0 saturated heterocycles. The third-order valence-electron chi connectivity index (χ3n) is 4.38. The molecule has 0 heterocycles. The predicted octanol–water partition coefficient (Wildman–Crippen LogP) is 2.22. The maximum atomic E-state index is 11.7. The molecule has 2 amide bonds. The van der Waals surface area contributed by atoms with Crippen LogP contribution in [0.4, 0.5) is 4.79 Å². The Hall–Kier alpha value is -2.73. The lowest BCUT2D eigenvalue weighted by Crippen LogP contribution is -2.38. The number of rotatable bonds is 20. The van der Waals surface area contributed by atoms with Gasteiger partial charge in [-0.05, 0) is 32.8 Å². The summed E-state index contributed by atoms with van der Waals surface area (Å²) in [6, 6.07) is 9.27. The van der Waals surface area contributed by atoms with Crippen LogP contribution < -0.4 is 10.6 Å². The van der Waals surface area contributed by atoms with E-state index in [0.29, 0.717) is 72.2 Å². The maximum absolute atomic E-state index is 11.7. The largest absolute Gasteiger partial charge is 0.460 e. The topological polar surface area (TPSA) is 131 Å². The first-order chi connectivity index (χ1) is 17.8. The summed E-state index contributed by atoms with van der Waals surface area (Å²) in [6.45, 7) is 9.21. The summed E-state index contributed by atoms with van der Waals surface area (Å²) in [7, 11) is 0. The van der Waals surface area contributed by atoms with Gasteiger partial charge in [-0.25, -0.2) is 4.79 Å². The van der Waals surface area contributed by atoms with Gasteiger partial charge < -0.3 is 39.1 Å². The minimum atomic E-state index is -0.654. The quantitative estimate of drug-likeness (QED) is 0.194. The van der Waals surface area contributed by atoms with Crippen LogP contribution in [0.25, 0.3) is 0 Å². The molecule has 2 N–H and O–H groups in total. The van der Waals surface area contributed by atoms with E-state index in [-0.39, 0.29) is 25.0 Å². The molecule has 11 nitrogen and oxygen atoms in total. The Morgan fingerprint density at radius 3 is 1.92 bits per heavy atom. The van der Waals surface area contributed by atoms with Crippen LogP contribution in [-0.4, -0.2) is 89.5 Å². The summed E-state index contributed by atoms with van der Waals surface area (Å²) in [6.07, 6.45) is 0.297. The van der Waals surface area contributed by atoms with E-state index in [1.807, 2.05) is 51.1 Å². The molecule has 0 aliphatic heterocycles. The molecule has 1 aromatic rings. The van der Waals surface area contributed by atoms with Crippen LogP contribution in [0.2, 0.25) is 0 Å². The van der Waals surface area contributed by atoms with Gasteiger partial charge in [-0.3, -0.25) is 9.59 Å². The highest BCUT2D eigenvalue weighted by Crippen LogP contribution is 2.09. The van der Waals surface area contributed by atoms with Crippen LogP contribution in [0.15, 0.2) is 30.3 Å². The minimum Gasteiger partial charge on any atom is -0.460 e. The van der Waals surface area contributed by atoms with Gasteiger partial charge in [0, 0.05) is 19.6 Å². The number of esters is 1. The van der Waals surface area contributed by atoms with E-state index in [1.54, 1.807) is 0 Å². The van der Waals surface area contributed by atoms with E-state index in [9.17, 15) is 14.4 Å². The average molecular weight is 527 g/mol. The highest BCUT2D eigenvalue weighted by molar-refractivity contribution is 5.82. The molecule has 0 aliphatic carbocycles. The normalized spacial score (nSPS) is 11.1. The van der Waals surface area contributed by atoms with Gasteiger partial charge in [-0.1, -0.05) is 30.3 Å². The standard InChI is InChI=1S/C26H42N2O9/c1-26(2,3)37-24(30)10-7-12-32-14-16-34-18-19-35-17-15-33-13-11-27-23(29)20-28-25(31)36-21-22-8-5-4-6-9-22/h4-6,8-9H,7,10-21H2,1-3H3,(H,27,29)(H,28,31). The fourth-order valence-electron chi connectivity index (χ4n) is 2.72. The molecule has 210 valence electrons. The average Bonchev–Trinajstić information content (AvgIpc) is 2.85. The molecule has 1 rings (SSSR count). The van der Waals surface area contributed by atoms with Crippen LogP contribution in [-0.2, 0) is 44.6 Å². The first-order valence-electron chi connectivity index (χ1n) is 12.5. The van der Waals surface area contributed by atoms with Crippen molar-refractivity contribution in [1.29, 1.82) is 0 Å². The summed E-state index contributed by atoms with van der Waals surface area (Å²) in [5, 5.41) is 5.03. The lowest BCUT2D eigenvalue weighted by molar-refractivity contribution is -0.155. The fraction of sp³-hybridized carbons (Fsp3) is 0.654. The zero-order chi connectivity index (χ0) is 27.2. The van der Waals surface area contributed by atoms with Crippen LogP contribution >= 0.6 is 0 Å². The Bertz CT molecular complexity index is 754. The second-order valence-corrected chi connectivity index (χ2v) is 8.90. The van der Waals surface area contributed by atoms with Crippen LogP contribution in [0.3, 0.4) is 0 Å². The Balaban J connectivity index is 1.80. The van der Waals surface area contributed by atoms with Crippen molar-refractivity contribution >= 4 is 18.0 Å². The van der Waals surface area contributed by atoms with Gasteiger partial charge in [0.2, 0.25) is 5.91 Å². The van der Waals surface area contributed by atoms with Gasteiger partial charge >= 0.3 is 12.1 Å². The Labute approximate surface area is 219 Å². The monoisotopic (exact) mass is 526 g/mol. The third kappa shape index (κ3) is 21.1. The van der Waals surface area contributed by atoms with Crippen molar-refractivity contribution in [3.05, 3.63) is 35.9 Å². The number of alkyl carbamates (subject to hydrolysis) is 1. The highest BCUT2D eigenvalue weighted by Gasteiger charge is 2.15. The number of carbonyl (C=O) groups excluding carboxylic acids is 3. The number of hydrogen-bond acceptors (Lipinski definition) is 9. The van der Waals surface area contributed by atoms with E-state index < -0.39 is 11.7 Å². The zero-order valence-electron chi connectivity index (χ0n) is 22.3. The Kier molecular flexibility index (Phi) is 17.8. The second kappa shape index (κ2) is 20.3. The van der Waals surface area contributed by atoms with E-state index in [4.69, 9.17) is 28.4 Å². The molecule has 37 heavy (non-hydrogen) atoms. The molecule has 0 atom stereocenters. The fourth-order valence-corrected chi connectivity index (χ4v) is 2.72. The molecule has 0 aliphatic rings. The van der Waals surface area contributed by atoms with Gasteiger partial charge in [0.15, 0.2) is 0 Å². The third-order valence-corrected chi connectivity index (χ3v) is 4.38. The lowest BCUT2D eigenvalue weighted by atomic mass is 10.2. The van der Waals surface area contributed by atoms with Crippen molar-refractivity contribution in [2.45, 2.75) is 45.8 Å². The van der Waals surface area contributed by atoms with Gasteiger partial charge in [0.1, 0.15) is 12.2 Å². The molecule has 11 heteroatoms. The molecule has 0 unspecified atom stereocenters. The molecule has 0 bridgehead atoms. The molecule has 0 aromatic heterocycles. The zero-order valence-corrected chi connectivity index (χ0v) is 22.3. The molecular formula is C26H42N2O9. The second-order valence-electron chi connectivity index (χ2n) is 8.90. The Morgan fingerprint density at radius 2 is 1.32 bits per heavy atom. The first-order valence-corrected chi connectivity index (χ1v) is 12.5. The number of carbonyl (C=O) groups is 3. The highest BCUT2D eigenvalue weighted by atomic mass is 16.6. The maximum Gasteiger partial charge on any atom is 0.407 e. The van der Waals surface area contributed by atoms with Crippen LogP contribution in [0.1, 0.15) is 39.2 Å². The predicted molar refractivity (Wildman–Crippen MR) is 136 cm³/mol. The number of hydrogen-bond donors (Lipinski definition) is 2. The molecule has 0 fully saturated rings. The number of benzene rings is 1. The number of amides is 2. The van der Waals surface area contributed by atoms with Crippen molar-refractivity contribution in [3.8, 4) is 0 Å². The van der Waals surface area contributed by atoms with Gasteiger partial charge in [-0.15, -0.1) is 0 Å². The molecular weight excluding hydrogens is 484 g/mol. The molecule has 0 saturated carbocycles. The molecule has 0 spiro atoms. The first kappa shape index (κ1) is 32.3. The van der Waals surface area contributed by atoms with Crippen molar-refractivity contribution in [3.63, 3.8) is 0 Å². The van der Waals surface area contributed by atoms with Gasteiger partial charge in [-0.2, -0.15) is 0 Å². The van der Waals surface area contributed by atoms with Crippen molar-refractivity contribution in [2.75, 3.05) is 65.9 Å². The minimum absolute atomic E-state index is 0.142. The number of nitrogens with one attached hydrogen (secondary N) is 2. The van der Waals surface area contributed by atoms with E-state index in [2.05, 4.69) is 10.6 Å². The van der Waals surface area contributed by atoms with Crippen molar-refractivity contribution < 1.29 is 42.8 Å².